The van der Waals surface area contributed by atoms with Crippen LogP contribution in [0, 0.1) is 0 Å². The van der Waals surface area contributed by atoms with Crippen LogP contribution in [0.15, 0.2) is 35.6 Å². The Hall–Kier alpha value is -1.07. The van der Waals surface area contributed by atoms with Gasteiger partial charge in [-0.15, -0.1) is 0 Å². The molecule has 0 aliphatic rings. The van der Waals surface area contributed by atoms with E-state index in [1.165, 1.54) is 16.7 Å². The van der Waals surface area contributed by atoms with Gasteiger partial charge in [-0.25, -0.2) is 13.4 Å². The van der Waals surface area contributed by atoms with E-state index in [0.717, 1.165) is 0 Å². The second-order valence-corrected chi connectivity index (χ2v) is 4.97. The molecule has 0 spiro atoms. The van der Waals surface area contributed by atoms with Crippen molar-refractivity contribution in [2.75, 3.05) is 0 Å². The fraction of sp³-hybridized carbons (Fsp3) is 0. The van der Waals surface area contributed by atoms with Crippen molar-refractivity contribution in [3.63, 3.8) is 0 Å². The lowest BCUT2D eigenvalue weighted by Crippen LogP contribution is -1.98. The van der Waals surface area contributed by atoms with E-state index in [2.05, 4.69) is 4.98 Å². The molecule has 2 aromatic rings. The third kappa shape index (κ3) is 1.40. The van der Waals surface area contributed by atoms with Crippen molar-refractivity contribution >= 4 is 25.4 Å². The van der Waals surface area contributed by atoms with Crippen molar-refractivity contribution in [1.29, 1.82) is 0 Å². The Labute approximate surface area is 79.2 Å². The Morgan fingerprint density at radius 3 is 2.85 bits per heavy atom. The normalized spacial score (nSPS) is 12.1. The molecule has 0 atom stereocenters. The number of nitrogens with zero attached hydrogens (tertiary/aromatic N) is 2. The van der Waals surface area contributed by atoms with E-state index in [1.807, 2.05) is 0 Å². The van der Waals surface area contributed by atoms with Crippen LogP contribution in [0.1, 0.15) is 0 Å². The van der Waals surface area contributed by atoms with E-state index in [4.69, 9.17) is 10.7 Å². The number of fused-ring (bicyclic) bond motifs is 1. The van der Waals surface area contributed by atoms with Gasteiger partial charge in [0.15, 0.2) is 5.03 Å². The minimum absolute atomic E-state index is 0.0316. The largest absolute Gasteiger partial charge is 0.289 e. The molecule has 2 rings (SSSR count). The summed E-state index contributed by atoms with van der Waals surface area (Å²) in [6.45, 7) is 0. The maximum atomic E-state index is 11.1. The molecule has 0 unspecified atom stereocenters. The number of rotatable bonds is 1. The first-order valence-electron chi connectivity index (χ1n) is 3.46. The highest BCUT2D eigenvalue weighted by Crippen LogP contribution is 2.15. The summed E-state index contributed by atoms with van der Waals surface area (Å²) in [6.07, 6.45) is 3.06. The predicted octanol–water partition coefficient (Wildman–Crippen LogP) is 1.26. The first kappa shape index (κ1) is 8.52. The monoisotopic (exact) mass is 216 g/mol. The second-order valence-electron chi connectivity index (χ2n) is 2.46. The van der Waals surface area contributed by atoms with Gasteiger partial charge in [0.05, 0.1) is 0 Å². The molecule has 0 aliphatic carbocycles. The van der Waals surface area contributed by atoms with E-state index in [-0.39, 0.29) is 5.03 Å². The fourth-order valence-corrected chi connectivity index (χ4v) is 2.13. The average Bonchev–Trinajstić information content (AvgIpc) is 2.48. The van der Waals surface area contributed by atoms with Crippen LogP contribution in [0.3, 0.4) is 0 Å². The van der Waals surface area contributed by atoms with Crippen LogP contribution in [0.25, 0.3) is 5.65 Å². The Balaban J connectivity index is 2.91. The Bertz CT molecular complexity index is 546. The molecule has 13 heavy (non-hydrogen) atoms. The quantitative estimate of drug-likeness (QED) is 0.675. The summed E-state index contributed by atoms with van der Waals surface area (Å²) < 4.78 is 23.5. The Morgan fingerprint density at radius 1 is 1.38 bits per heavy atom. The van der Waals surface area contributed by atoms with E-state index >= 15 is 0 Å². The molecule has 2 aromatic heterocycles. The Morgan fingerprint density at radius 2 is 2.15 bits per heavy atom. The van der Waals surface area contributed by atoms with Crippen molar-refractivity contribution in [2.45, 2.75) is 5.03 Å². The van der Waals surface area contributed by atoms with Crippen molar-refractivity contribution in [1.82, 2.24) is 9.38 Å². The van der Waals surface area contributed by atoms with Crippen LogP contribution >= 0.6 is 10.7 Å². The van der Waals surface area contributed by atoms with Gasteiger partial charge in [-0.1, -0.05) is 6.07 Å². The zero-order valence-electron chi connectivity index (χ0n) is 6.38. The molecule has 0 bridgehead atoms. The zero-order chi connectivity index (χ0) is 9.47. The molecule has 6 heteroatoms. The smallest absolute Gasteiger partial charge is 0.277 e. The summed E-state index contributed by atoms with van der Waals surface area (Å²) in [5, 5.41) is 0.0316. The summed E-state index contributed by atoms with van der Waals surface area (Å²) in [5.74, 6) is 0. The predicted molar refractivity (Wildman–Crippen MR) is 48.2 cm³/mol. The second kappa shape index (κ2) is 2.71. The van der Waals surface area contributed by atoms with Gasteiger partial charge in [0.1, 0.15) is 5.65 Å². The molecule has 0 fully saturated rings. The van der Waals surface area contributed by atoms with Gasteiger partial charge in [0.25, 0.3) is 9.05 Å². The lowest BCUT2D eigenvalue weighted by molar-refractivity contribution is 0.604. The molecule has 0 N–H and O–H groups in total. The van der Waals surface area contributed by atoms with E-state index in [1.54, 1.807) is 18.3 Å². The van der Waals surface area contributed by atoms with E-state index in [0.29, 0.717) is 5.65 Å². The van der Waals surface area contributed by atoms with Crippen LogP contribution in [0.5, 0.6) is 0 Å². The summed E-state index contributed by atoms with van der Waals surface area (Å²) in [7, 11) is 1.51. The van der Waals surface area contributed by atoms with Crippen LogP contribution in [-0.4, -0.2) is 17.8 Å². The van der Waals surface area contributed by atoms with Crippen molar-refractivity contribution < 1.29 is 8.42 Å². The van der Waals surface area contributed by atoms with Gasteiger partial charge in [-0.2, -0.15) is 0 Å². The van der Waals surface area contributed by atoms with Crippen molar-refractivity contribution in [3.8, 4) is 0 Å². The highest BCUT2D eigenvalue weighted by atomic mass is 35.7. The first-order valence-corrected chi connectivity index (χ1v) is 5.77. The summed E-state index contributed by atoms with van der Waals surface area (Å²) in [5.41, 5.74) is 0.557. The number of halogens is 1. The first-order chi connectivity index (χ1) is 6.09. The molecule has 2 heterocycles. The van der Waals surface area contributed by atoms with Crippen LogP contribution in [0.2, 0.25) is 0 Å². The highest BCUT2D eigenvalue weighted by Gasteiger charge is 2.13. The standard InChI is InChI=1S/C7H5ClN2O2S/c8-13(11,12)7-3-1-2-6-9-4-5-10(6)7/h1-5H. The molecule has 0 aromatic carbocycles. The molecule has 0 saturated carbocycles. The minimum atomic E-state index is -3.70. The third-order valence-electron chi connectivity index (χ3n) is 1.64. The molecule has 0 radical (unpaired) electrons. The lowest BCUT2D eigenvalue weighted by Gasteiger charge is -1.99. The van der Waals surface area contributed by atoms with Gasteiger partial charge >= 0.3 is 0 Å². The van der Waals surface area contributed by atoms with Crippen LogP contribution in [-0.2, 0) is 9.05 Å². The number of aromatic nitrogens is 2. The molecule has 0 saturated heterocycles. The highest BCUT2D eigenvalue weighted by molar-refractivity contribution is 8.13. The maximum Gasteiger partial charge on any atom is 0.277 e. The Kier molecular flexibility index (Phi) is 1.78. The van der Waals surface area contributed by atoms with Gasteiger partial charge in [-0.05, 0) is 12.1 Å². The topological polar surface area (TPSA) is 51.4 Å². The summed E-state index contributed by atoms with van der Waals surface area (Å²) >= 11 is 0. The summed E-state index contributed by atoms with van der Waals surface area (Å²) in [4.78, 5) is 3.93. The van der Waals surface area contributed by atoms with Crippen molar-refractivity contribution in [2.24, 2.45) is 0 Å². The van der Waals surface area contributed by atoms with Gasteiger partial charge in [0, 0.05) is 23.1 Å². The fourth-order valence-electron chi connectivity index (χ4n) is 1.12. The molecule has 4 nitrogen and oxygen atoms in total. The van der Waals surface area contributed by atoms with Gasteiger partial charge < -0.3 is 0 Å². The average molecular weight is 217 g/mol. The van der Waals surface area contributed by atoms with Crippen LogP contribution in [0.4, 0.5) is 0 Å². The molecular formula is C7H5ClN2O2S. The SMILES string of the molecule is O=S(=O)(Cl)c1cccc2nccn12. The van der Waals surface area contributed by atoms with E-state index < -0.39 is 9.05 Å². The zero-order valence-corrected chi connectivity index (χ0v) is 7.96. The molecule has 0 aliphatic heterocycles. The summed E-state index contributed by atoms with van der Waals surface area (Å²) in [6, 6.07) is 4.72. The van der Waals surface area contributed by atoms with Crippen molar-refractivity contribution in [3.05, 3.63) is 30.6 Å². The third-order valence-corrected chi connectivity index (χ3v) is 2.95. The number of pyridine rings is 1. The van der Waals surface area contributed by atoms with Gasteiger partial charge in [-0.3, -0.25) is 4.40 Å². The van der Waals surface area contributed by atoms with Crippen LogP contribution < -0.4 is 0 Å². The van der Waals surface area contributed by atoms with E-state index in [9.17, 15) is 8.42 Å². The van der Waals surface area contributed by atoms with Gasteiger partial charge in [0.2, 0.25) is 0 Å². The lowest BCUT2D eigenvalue weighted by atomic mass is 10.5. The molecular weight excluding hydrogens is 212 g/mol. The molecule has 0 amide bonds. The minimum Gasteiger partial charge on any atom is -0.289 e. The maximum absolute atomic E-state index is 11.1. The molecule has 68 valence electrons. The number of hydrogen-bond acceptors (Lipinski definition) is 3. The number of hydrogen-bond donors (Lipinski definition) is 0. The number of imidazole rings is 1.